The second-order valence-corrected chi connectivity index (χ2v) is 6.10. The number of rotatable bonds is 8. The summed E-state index contributed by atoms with van der Waals surface area (Å²) in [5.74, 6) is 0.694. The Morgan fingerprint density at radius 3 is 2.05 bits per heavy atom. The third-order valence-electron chi connectivity index (χ3n) is 3.08. The van der Waals surface area contributed by atoms with E-state index in [0.717, 1.165) is 13.0 Å². The molecule has 0 amide bonds. The average Bonchev–Trinajstić information content (AvgIpc) is 2.34. The number of benzene rings is 1. The quantitative estimate of drug-likeness (QED) is 0.761. The Kier molecular flexibility index (Phi) is 7.11. The first-order valence-corrected chi connectivity index (χ1v) is 7.40. The third kappa shape index (κ3) is 7.34. The molecular formula is C17H29NO. The van der Waals surface area contributed by atoms with Crippen molar-refractivity contribution in [2.75, 3.05) is 0 Å². The molecule has 1 unspecified atom stereocenters. The van der Waals surface area contributed by atoms with Crippen molar-refractivity contribution in [3.63, 3.8) is 0 Å². The monoisotopic (exact) mass is 263 g/mol. The zero-order valence-corrected chi connectivity index (χ0v) is 13.1. The van der Waals surface area contributed by atoms with E-state index in [1.165, 1.54) is 11.1 Å². The van der Waals surface area contributed by atoms with Crippen molar-refractivity contribution in [2.24, 2.45) is 5.92 Å². The minimum Gasteiger partial charge on any atom is -0.374 e. The normalized spacial score (nSPS) is 13.2. The first kappa shape index (κ1) is 16.2. The van der Waals surface area contributed by atoms with Gasteiger partial charge in [-0.1, -0.05) is 52.0 Å². The van der Waals surface area contributed by atoms with E-state index in [1.807, 2.05) is 0 Å². The molecule has 1 aromatic rings. The highest BCUT2D eigenvalue weighted by molar-refractivity contribution is 5.21. The maximum atomic E-state index is 5.86. The van der Waals surface area contributed by atoms with Crippen molar-refractivity contribution in [1.82, 2.24) is 5.32 Å². The van der Waals surface area contributed by atoms with Crippen molar-refractivity contribution < 1.29 is 4.74 Å². The summed E-state index contributed by atoms with van der Waals surface area (Å²) in [6, 6.07) is 9.22. The van der Waals surface area contributed by atoms with Gasteiger partial charge in [0.1, 0.15) is 0 Å². The lowest BCUT2D eigenvalue weighted by Crippen LogP contribution is -2.21. The van der Waals surface area contributed by atoms with Crippen LogP contribution in [0.15, 0.2) is 24.3 Å². The second kappa shape index (κ2) is 8.34. The molecule has 108 valence electrons. The van der Waals surface area contributed by atoms with Crippen LogP contribution in [0.5, 0.6) is 0 Å². The predicted octanol–water partition coefficient (Wildman–Crippen LogP) is 4.14. The van der Waals surface area contributed by atoms with Crippen molar-refractivity contribution in [3.8, 4) is 0 Å². The summed E-state index contributed by atoms with van der Waals surface area (Å²) in [7, 11) is 0. The largest absolute Gasteiger partial charge is 0.374 e. The van der Waals surface area contributed by atoms with E-state index in [4.69, 9.17) is 4.74 Å². The number of hydrogen-bond donors (Lipinski definition) is 1. The van der Waals surface area contributed by atoms with Gasteiger partial charge in [-0.25, -0.2) is 0 Å². The molecule has 1 aromatic carbocycles. The highest BCUT2D eigenvalue weighted by Crippen LogP contribution is 2.11. The van der Waals surface area contributed by atoms with Crippen LogP contribution in [0.1, 0.15) is 52.2 Å². The lowest BCUT2D eigenvalue weighted by molar-refractivity contribution is 0.0397. The molecule has 0 radical (unpaired) electrons. The summed E-state index contributed by atoms with van der Waals surface area (Å²) in [5, 5.41) is 3.42. The predicted molar refractivity (Wildman–Crippen MR) is 82.1 cm³/mol. The highest BCUT2D eigenvalue weighted by atomic mass is 16.5. The lowest BCUT2D eigenvalue weighted by Gasteiger charge is -2.15. The van der Waals surface area contributed by atoms with E-state index in [0.29, 0.717) is 24.7 Å². The summed E-state index contributed by atoms with van der Waals surface area (Å²) < 4.78 is 5.86. The van der Waals surface area contributed by atoms with Gasteiger partial charge in [-0.3, -0.25) is 0 Å². The van der Waals surface area contributed by atoms with E-state index >= 15 is 0 Å². The molecule has 0 saturated carbocycles. The van der Waals surface area contributed by atoms with Gasteiger partial charge < -0.3 is 10.1 Å². The molecular weight excluding hydrogens is 234 g/mol. The SMILES string of the molecule is CC(C)CC(C)OCc1ccc(CNC(C)C)cc1. The zero-order chi connectivity index (χ0) is 14.3. The van der Waals surface area contributed by atoms with E-state index in [2.05, 4.69) is 64.2 Å². The van der Waals surface area contributed by atoms with Gasteiger partial charge in [0.2, 0.25) is 0 Å². The van der Waals surface area contributed by atoms with Gasteiger partial charge in [0, 0.05) is 12.6 Å². The van der Waals surface area contributed by atoms with E-state index in [1.54, 1.807) is 0 Å². The van der Waals surface area contributed by atoms with Gasteiger partial charge in [-0.05, 0) is 30.4 Å². The molecule has 1 atom stereocenters. The Morgan fingerprint density at radius 2 is 1.53 bits per heavy atom. The molecule has 0 aliphatic heterocycles. The minimum atomic E-state index is 0.335. The van der Waals surface area contributed by atoms with Crippen LogP contribution in [0.4, 0.5) is 0 Å². The van der Waals surface area contributed by atoms with Gasteiger partial charge in [0.25, 0.3) is 0 Å². The number of ether oxygens (including phenoxy) is 1. The fraction of sp³-hybridized carbons (Fsp3) is 0.647. The second-order valence-electron chi connectivity index (χ2n) is 6.10. The maximum Gasteiger partial charge on any atom is 0.0720 e. The molecule has 19 heavy (non-hydrogen) atoms. The van der Waals surface area contributed by atoms with Crippen LogP contribution in [0.3, 0.4) is 0 Å². The first-order chi connectivity index (χ1) is 8.97. The summed E-state index contributed by atoms with van der Waals surface area (Å²) in [6.45, 7) is 12.6. The van der Waals surface area contributed by atoms with E-state index in [9.17, 15) is 0 Å². The molecule has 0 heterocycles. The lowest BCUT2D eigenvalue weighted by atomic mass is 10.1. The van der Waals surface area contributed by atoms with Crippen LogP contribution < -0.4 is 5.32 Å². The molecule has 0 fully saturated rings. The molecule has 0 saturated heterocycles. The summed E-state index contributed by atoms with van der Waals surface area (Å²) in [5.41, 5.74) is 2.58. The average molecular weight is 263 g/mol. The van der Waals surface area contributed by atoms with Crippen LogP contribution in [0.25, 0.3) is 0 Å². The molecule has 2 nitrogen and oxygen atoms in total. The van der Waals surface area contributed by atoms with Crippen molar-refractivity contribution in [3.05, 3.63) is 35.4 Å². The molecule has 1 rings (SSSR count). The van der Waals surface area contributed by atoms with Gasteiger partial charge in [-0.15, -0.1) is 0 Å². The van der Waals surface area contributed by atoms with Crippen LogP contribution in [0, 0.1) is 5.92 Å². The van der Waals surface area contributed by atoms with Crippen molar-refractivity contribution in [2.45, 2.75) is 66.3 Å². The van der Waals surface area contributed by atoms with Crippen LogP contribution in [-0.2, 0) is 17.9 Å². The molecule has 0 spiro atoms. The molecule has 0 aromatic heterocycles. The van der Waals surface area contributed by atoms with Crippen LogP contribution in [-0.4, -0.2) is 12.1 Å². The Hall–Kier alpha value is -0.860. The highest BCUT2D eigenvalue weighted by Gasteiger charge is 2.05. The maximum absolute atomic E-state index is 5.86. The third-order valence-corrected chi connectivity index (χ3v) is 3.08. The first-order valence-electron chi connectivity index (χ1n) is 7.40. The van der Waals surface area contributed by atoms with Crippen molar-refractivity contribution in [1.29, 1.82) is 0 Å². The topological polar surface area (TPSA) is 21.3 Å². The zero-order valence-electron chi connectivity index (χ0n) is 13.1. The Balaban J connectivity index is 2.35. The summed E-state index contributed by atoms with van der Waals surface area (Å²) in [6.07, 6.45) is 1.46. The molecule has 0 aliphatic carbocycles. The fourth-order valence-corrected chi connectivity index (χ4v) is 2.05. The molecule has 0 bridgehead atoms. The summed E-state index contributed by atoms with van der Waals surface area (Å²) in [4.78, 5) is 0. The minimum absolute atomic E-state index is 0.335. The number of hydrogen-bond acceptors (Lipinski definition) is 2. The fourth-order valence-electron chi connectivity index (χ4n) is 2.05. The Labute approximate surface area is 118 Å². The van der Waals surface area contributed by atoms with Gasteiger partial charge in [0.05, 0.1) is 12.7 Å². The number of nitrogens with one attached hydrogen (secondary N) is 1. The van der Waals surface area contributed by atoms with Gasteiger partial charge in [-0.2, -0.15) is 0 Å². The van der Waals surface area contributed by atoms with Crippen molar-refractivity contribution >= 4 is 0 Å². The van der Waals surface area contributed by atoms with Crippen LogP contribution in [0.2, 0.25) is 0 Å². The summed E-state index contributed by atoms with van der Waals surface area (Å²) >= 11 is 0. The Bertz CT molecular complexity index is 343. The standard InChI is InChI=1S/C17H29NO/c1-13(2)10-15(5)19-12-17-8-6-16(7-9-17)11-18-14(3)4/h6-9,13-15,18H,10-12H2,1-5H3. The smallest absolute Gasteiger partial charge is 0.0720 e. The Morgan fingerprint density at radius 1 is 0.947 bits per heavy atom. The molecule has 0 aliphatic rings. The van der Waals surface area contributed by atoms with Crippen LogP contribution >= 0.6 is 0 Å². The van der Waals surface area contributed by atoms with Gasteiger partial charge >= 0.3 is 0 Å². The molecule has 1 N–H and O–H groups in total. The van der Waals surface area contributed by atoms with Gasteiger partial charge in [0.15, 0.2) is 0 Å². The van der Waals surface area contributed by atoms with E-state index in [-0.39, 0.29) is 0 Å². The molecule has 2 heteroatoms. The van der Waals surface area contributed by atoms with E-state index < -0.39 is 0 Å².